The lowest BCUT2D eigenvalue weighted by atomic mass is 10.0. The molecule has 2 aromatic carbocycles. The fourth-order valence-electron chi connectivity index (χ4n) is 3.44. The number of nitrogens with one attached hydrogen (secondary N) is 2. The number of carbonyl (C=O) groups excluding carboxylic acids is 1. The normalized spacial score (nSPS) is 16.1. The lowest BCUT2D eigenvalue weighted by molar-refractivity contribution is -0.115. The van der Waals surface area contributed by atoms with E-state index in [4.69, 9.17) is 0 Å². The zero-order valence-corrected chi connectivity index (χ0v) is 17.4. The van der Waals surface area contributed by atoms with Crippen LogP contribution in [0, 0.1) is 0 Å². The first-order valence-corrected chi connectivity index (χ1v) is 11.9. The van der Waals surface area contributed by atoms with Gasteiger partial charge in [0.25, 0.3) is 10.0 Å². The minimum absolute atomic E-state index is 0.132. The maximum Gasteiger partial charge on any atom is 0.263 e. The fraction of sp³-hybridized carbons (Fsp3) is 0.300. The van der Waals surface area contributed by atoms with Gasteiger partial charge in [0.15, 0.2) is 5.17 Å². The topological polar surface area (TPSA) is 90.9 Å². The number of anilines is 2. The molecule has 2 heterocycles. The second-order valence-corrected chi connectivity index (χ2v) is 9.63. The predicted octanol–water partition coefficient (Wildman–Crippen LogP) is 2.46. The summed E-state index contributed by atoms with van der Waals surface area (Å²) in [7, 11) is -3.67. The second kappa shape index (κ2) is 8.46. The Bertz CT molecular complexity index is 1040. The Labute approximate surface area is 174 Å². The number of rotatable bonds is 5. The number of para-hydroxylation sites is 1. The number of nitrogens with zero attached hydrogens (tertiary/aromatic N) is 2. The summed E-state index contributed by atoms with van der Waals surface area (Å²) in [6, 6.07) is 14.3. The van der Waals surface area contributed by atoms with Gasteiger partial charge >= 0.3 is 0 Å². The molecule has 152 valence electrons. The van der Waals surface area contributed by atoms with Gasteiger partial charge in [-0.1, -0.05) is 30.0 Å². The van der Waals surface area contributed by atoms with Crippen molar-refractivity contribution in [2.24, 2.45) is 4.99 Å². The average molecular weight is 431 g/mol. The van der Waals surface area contributed by atoms with E-state index in [1.807, 2.05) is 18.2 Å². The van der Waals surface area contributed by atoms with E-state index in [1.165, 1.54) is 29.5 Å². The molecule has 0 fully saturated rings. The number of carbonyl (C=O) groups is 1. The Morgan fingerprint density at radius 3 is 2.69 bits per heavy atom. The average Bonchev–Trinajstić information content (AvgIpc) is 3.21. The third-order valence-electron chi connectivity index (χ3n) is 4.80. The molecule has 0 saturated heterocycles. The van der Waals surface area contributed by atoms with Crippen molar-refractivity contribution in [3.8, 4) is 0 Å². The first kappa shape index (κ1) is 19.8. The Hall–Kier alpha value is -2.52. The largest absolute Gasteiger partial charge is 0.362 e. The number of aryl methyl sites for hydroxylation is 1. The number of fused-ring (bicyclic) bond motifs is 1. The van der Waals surface area contributed by atoms with E-state index in [2.05, 4.69) is 26.0 Å². The van der Waals surface area contributed by atoms with Crippen LogP contribution < -0.4 is 14.9 Å². The van der Waals surface area contributed by atoms with E-state index in [0.717, 1.165) is 30.8 Å². The van der Waals surface area contributed by atoms with Crippen LogP contribution in [0.3, 0.4) is 0 Å². The number of amides is 1. The van der Waals surface area contributed by atoms with Crippen LogP contribution in [0.2, 0.25) is 0 Å². The Balaban J connectivity index is 1.38. The number of sulfonamides is 1. The van der Waals surface area contributed by atoms with Crippen molar-refractivity contribution in [1.82, 2.24) is 4.72 Å². The molecule has 0 radical (unpaired) electrons. The van der Waals surface area contributed by atoms with Crippen LogP contribution in [0.25, 0.3) is 0 Å². The molecule has 9 heteroatoms. The van der Waals surface area contributed by atoms with E-state index in [9.17, 15) is 13.2 Å². The quantitative estimate of drug-likeness (QED) is 0.760. The van der Waals surface area contributed by atoms with Gasteiger partial charge in [0, 0.05) is 23.7 Å². The summed E-state index contributed by atoms with van der Waals surface area (Å²) < 4.78 is 27.3. The monoisotopic (exact) mass is 430 g/mol. The minimum Gasteiger partial charge on any atom is -0.362 e. The molecule has 0 unspecified atom stereocenters. The van der Waals surface area contributed by atoms with Gasteiger partial charge in [-0.05, 0) is 48.7 Å². The summed E-state index contributed by atoms with van der Waals surface area (Å²) in [5, 5.41) is 3.27. The molecule has 4 rings (SSSR count). The van der Waals surface area contributed by atoms with E-state index in [-0.39, 0.29) is 17.3 Å². The Morgan fingerprint density at radius 2 is 1.93 bits per heavy atom. The fourth-order valence-corrected chi connectivity index (χ4v) is 5.47. The number of hydrogen-bond acceptors (Lipinski definition) is 6. The number of amidine groups is 1. The molecular formula is C20H22N4O3S2. The molecule has 7 nitrogen and oxygen atoms in total. The van der Waals surface area contributed by atoms with E-state index in [1.54, 1.807) is 12.1 Å². The predicted molar refractivity (Wildman–Crippen MR) is 117 cm³/mol. The van der Waals surface area contributed by atoms with Crippen LogP contribution in [-0.4, -0.2) is 44.9 Å². The lowest BCUT2D eigenvalue weighted by Gasteiger charge is -2.30. The second-order valence-electron chi connectivity index (χ2n) is 6.87. The first-order chi connectivity index (χ1) is 14.0. The highest BCUT2D eigenvalue weighted by molar-refractivity contribution is 8.15. The third kappa shape index (κ3) is 4.73. The van der Waals surface area contributed by atoms with E-state index < -0.39 is 10.0 Å². The zero-order chi connectivity index (χ0) is 20.3. The van der Waals surface area contributed by atoms with Gasteiger partial charge in [0.2, 0.25) is 5.91 Å². The Morgan fingerprint density at radius 1 is 1.14 bits per heavy atom. The van der Waals surface area contributed by atoms with Crippen molar-refractivity contribution in [2.75, 3.05) is 35.6 Å². The first-order valence-electron chi connectivity index (χ1n) is 9.44. The van der Waals surface area contributed by atoms with Gasteiger partial charge in [-0.2, -0.15) is 0 Å². The smallest absolute Gasteiger partial charge is 0.263 e. The summed E-state index contributed by atoms with van der Waals surface area (Å²) in [6.45, 7) is 1.72. The van der Waals surface area contributed by atoms with Gasteiger partial charge in [0.05, 0.1) is 18.0 Å². The summed E-state index contributed by atoms with van der Waals surface area (Å²) >= 11 is 1.39. The standard InChI is InChI=1S/C20H22N4O3S2/c25-19(14-24-12-3-5-15-4-1-2-6-18(15)24)22-16-7-9-17(10-8-16)29(26,27)23-20-21-11-13-28-20/h1-2,4,6-10H,3,5,11-14H2,(H,21,23)(H,22,25). The summed E-state index contributed by atoms with van der Waals surface area (Å²) in [4.78, 5) is 18.8. The molecule has 2 N–H and O–H groups in total. The van der Waals surface area contributed by atoms with Crippen LogP contribution in [-0.2, 0) is 21.2 Å². The summed E-state index contributed by atoms with van der Waals surface area (Å²) in [6.07, 6.45) is 2.05. The van der Waals surface area contributed by atoms with E-state index in [0.29, 0.717) is 17.4 Å². The molecule has 0 spiro atoms. The van der Waals surface area contributed by atoms with Gasteiger partial charge in [0.1, 0.15) is 0 Å². The molecule has 0 bridgehead atoms. The summed E-state index contributed by atoms with van der Waals surface area (Å²) in [5.74, 6) is 0.650. The SMILES string of the molecule is O=C(CN1CCCc2ccccc21)Nc1ccc(S(=O)(=O)NC2=NCCS2)cc1. The van der Waals surface area contributed by atoms with Crippen molar-refractivity contribution in [3.05, 3.63) is 54.1 Å². The molecule has 2 aromatic rings. The van der Waals surface area contributed by atoms with Crippen LogP contribution >= 0.6 is 11.8 Å². The van der Waals surface area contributed by atoms with Crippen LogP contribution in [0.15, 0.2) is 58.4 Å². The highest BCUT2D eigenvalue weighted by Crippen LogP contribution is 2.26. The minimum atomic E-state index is -3.67. The van der Waals surface area contributed by atoms with Crippen molar-refractivity contribution in [3.63, 3.8) is 0 Å². The number of benzene rings is 2. The molecule has 0 aliphatic carbocycles. The lowest BCUT2D eigenvalue weighted by Crippen LogP contribution is -2.36. The van der Waals surface area contributed by atoms with Gasteiger partial charge in [-0.25, -0.2) is 8.42 Å². The number of hydrogen-bond donors (Lipinski definition) is 2. The molecule has 1 amide bonds. The molecular weight excluding hydrogens is 408 g/mol. The van der Waals surface area contributed by atoms with Crippen molar-refractivity contribution in [1.29, 1.82) is 0 Å². The van der Waals surface area contributed by atoms with Crippen LogP contribution in [0.4, 0.5) is 11.4 Å². The van der Waals surface area contributed by atoms with Gasteiger partial charge < -0.3 is 10.2 Å². The summed E-state index contributed by atoms with van der Waals surface area (Å²) in [5.41, 5.74) is 2.93. The van der Waals surface area contributed by atoms with Gasteiger partial charge in [-0.15, -0.1) is 0 Å². The van der Waals surface area contributed by atoms with Gasteiger partial charge in [-0.3, -0.25) is 14.5 Å². The number of thioether (sulfide) groups is 1. The highest BCUT2D eigenvalue weighted by atomic mass is 32.2. The van der Waals surface area contributed by atoms with Crippen molar-refractivity contribution in [2.45, 2.75) is 17.7 Å². The maximum atomic E-state index is 12.5. The van der Waals surface area contributed by atoms with E-state index >= 15 is 0 Å². The van der Waals surface area contributed by atoms with Crippen molar-refractivity contribution < 1.29 is 13.2 Å². The molecule has 0 atom stereocenters. The molecule has 2 aliphatic heterocycles. The van der Waals surface area contributed by atoms with Crippen molar-refractivity contribution >= 4 is 44.2 Å². The number of aliphatic imine (C=N–C) groups is 1. The highest BCUT2D eigenvalue weighted by Gasteiger charge is 2.20. The van der Waals surface area contributed by atoms with Crippen LogP contribution in [0.5, 0.6) is 0 Å². The Kier molecular flexibility index (Phi) is 5.77. The maximum absolute atomic E-state index is 12.5. The molecule has 0 saturated carbocycles. The molecule has 29 heavy (non-hydrogen) atoms. The third-order valence-corrected chi connectivity index (χ3v) is 7.17. The zero-order valence-electron chi connectivity index (χ0n) is 15.8. The van der Waals surface area contributed by atoms with Crippen LogP contribution in [0.1, 0.15) is 12.0 Å². The molecule has 0 aromatic heterocycles. The molecule has 2 aliphatic rings.